The van der Waals surface area contributed by atoms with Crippen molar-refractivity contribution in [1.29, 1.82) is 5.26 Å². The van der Waals surface area contributed by atoms with Crippen molar-refractivity contribution in [3.8, 4) is 6.07 Å². The number of rotatable bonds is 1. The number of hydrogen-bond acceptors (Lipinski definition) is 3. The first-order chi connectivity index (χ1) is 9.39. The molecule has 2 rings (SSSR count). The minimum atomic E-state index is -4.28. The van der Waals surface area contributed by atoms with Crippen molar-refractivity contribution in [3.05, 3.63) is 0 Å². The third-order valence-corrected chi connectivity index (χ3v) is 4.14. The van der Waals surface area contributed by atoms with Crippen molar-refractivity contribution in [3.63, 3.8) is 0 Å². The first-order valence-corrected chi connectivity index (χ1v) is 6.74. The largest absolute Gasteiger partial charge is 0.393 e. The molecule has 0 N–H and O–H groups in total. The van der Waals surface area contributed by atoms with Gasteiger partial charge < -0.3 is 9.64 Å². The maximum absolute atomic E-state index is 12.8. The van der Waals surface area contributed by atoms with Crippen LogP contribution in [0.5, 0.6) is 0 Å². The van der Waals surface area contributed by atoms with E-state index in [9.17, 15) is 23.2 Å². The number of halogens is 3. The van der Waals surface area contributed by atoms with Gasteiger partial charge in [0.25, 0.3) is 0 Å². The van der Waals surface area contributed by atoms with Gasteiger partial charge in [-0.25, -0.2) is 0 Å². The fraction of sp³-hybridized carbons (Fsp3) is 0.846. The molecule has 0 saturated carbocycles. The van der Waals surface area contributed by atoms with E-state index >= 15 is 0 Å². The first kappa shape index (κ1) is 15.1. The van der Waals surface area contributed by atoms with Gasteiger partial charge in [-0.15, -0.1) is 0 Å². The van der Waals surface area contributed by atoms with Gasteiger partial charge in [-0.2, -0.15) is 18.4 Å². The predicted octanol–water partition coefficient (Wildman–Crippen LogP) is 2.11. The lowest BCUT2D eigenvalue weighted by Crippen LogP contribution is -2.51. The van der Waals surface area contributed by atoms with E-state index in [1.165, 1.54) is 4.90 Å². The Labute approximate surface area is 115 Å². The highest BCUT2D eigenvalue weighted by Gasteiger charge is 2.47. The summed E-state index contributed by atoms with van der Waals surface area (Å²) in [7, 11) is 0. The minimum Gasteiger partial charge on any atom is -0.381 e. The van der Waals surface area contributed by atoms with E-state index in [2.05, 4.69) is 0 Å². The van der Waals surface area contributed by atoms with E-state index in [1.807, 2.05) is 6.07 Å². The molecule has 1 unspecified atom stereocenters. The van der Waals surface area contributed by atoms with Crippen LogP contribution in [0.3, 0.4) is 0 Å². The predicted molar refractivity (Wildman–Crippen MR) is 63.5 cm³/mol. The third-order valence-electron chi connectivity index (χ3n) is 4.14. The van der Waals surface area contributed by atoms with E-state index in [4.69, 9.17) is 4.74 Å². The van der Waals surface area contributed by atoms with Crippen LogP contribution in [-0.2, 0) is 9.53 Å². The summed E-state index contributed by atoms with van der Waals surface area (Å²) in [6.45, 7) is 0.577. The van der Waals surface area contributed by atoms with E-state index in [0.717, 1.165) is 0 Å². The zero-order chi connectivity index (χ0) is 14.8. The molecule has 4 nitrogen and oxygen atoms in total. The third kappa shape index (κ3) is 2.90. The summed E-state index contributed by atoms with van der Waals surface area (Å²) in [6.07, 6.45) is -3.39. The number of nitrogens with zero attached hydrogens (tertiary/aromatic N) is 2. The van der Waals surface area contributed by atoms with Crippen molar-refractivity contribution in [1.82, 2.24) is 4.90 Å². The van der Waals surface area contributed by atoms with Crippen LogP contribution in [-0.4, -0.2) is 43.3 Å². The average molecular weight is 290 g/mol. The second-order valence-electron chi connectivity index (χ2n) is 5.44. The molecule has 20 heavy (non-hydrogen) atoms. The Morgan fingerprint density at radius 3 is 2.55 bits per heavy atom. The highest BCUT2D eigenvalue weighted by Crippen LogP contribution is 2.37. The molecule has 0 aromatic carbocycles. The van der Waals surface area contributed by atoms with E-state index in [1.54, 1.807) is 0 Å². The molecule has 0 aromatic rings. The standard InChI is InChI=1S/C13H17F3N2O2/c14-13(15,16)10-2-1-5-18(8-10)11(19)12(9-17)3-6-20-7-4-12/h10H,1-8H2. The molecule has 0 radical (unpaired) electrons. The average Bonchev–Trinajstić information content (AvgIpc) is 2.46. The normalized spacial score (nSPS) is 26.9. The van der Waals surface area contributed by atoms with Gasteiger partial charge in [0.05, 0.1) is 12.0 Å². The van der Waals surface area contributed by atoms with E-state index in [0.29, 0.717) is 26.2 Å². The van der Waals surface area contributed by atoms with Gasteiger partial charge in [-0.3, -0.25) is 4.79 Å². The smallest absolute Gasteiger partial charge is 0.381 e. The van der Waals surface area contributed by atoms with Crippen molar-refractivity contribution >= 4 is 5.91 Å². The summed E-state index contributed by atoms with van der Waals surface area (Å²) in [5.41, 5.74) is -1.20. The molecule has 112 valence electrons. The quantitative estimate of drug-likeness (QED) is 0.743. The van der Waals surface area contributed by atoms with Crippen molar-refractivity contribution in [2.75, 3.05) is 26.3 Å². The molecule has 2 aliphatic heterocycles. The summed E-state index contributed by atoms with van der Waals surface area (Å²) in [5, 5.41) is 9.29. The van der Waals surface area contributed by atoms with Crippen LogP contribution >= 0.6 is 0 Å². The maximum atomic E-state index is 12.8. The fourth-order valence-corrected chi connectivity index (χ4v) is 2.82. The van der Waals surface area contributed by atoms with Crippen LogP contribution < -0.4 is 0 Å². The van der Waals surface area contributed by atoms with Crippen LogP contribution in [0, 0.1) is 22.7 Å². The van der Waals surface area contributed by atoms with Crippen molar-refractivity contribution in [2.45, 2.75) is 31.9 Å². The molecule has 0 aromatic heterocycles. The molecular formula is C13H17F3N2O2. The Bertz CT molecular complexity index is 411. The van der Waals surface area contributed by atoms with Crippen molar-refractivity contribution in [2.24, 2.45) is 11.3 Å². The summed E-state index contributed by atoms with van der Waals surface area (Å²) in [6, 6.07) is 2.02. The lowest BCUT2D eigenvalue weighted by Gasteiger charge is -2.39. The van der Waals surface area contributed by atoms with Crippen LogP contribution in [0.2, 0.25) is 0 Å². The number of hydrogen-bond donors (Lipinski definition) is 0. The second kappa shape index (κ2) is 5.60. The van der Waals surface area contributed by atoms with Crippen LogP contribution in [0.4, 0.5) is 13.2 Å². The number of ether oxygens (including phenoxy) is 1. The van der Waals surface area contributed by atoms with Crippen LogP contribution in [0.25, 0.3) is 0 Å². The lowest BCUT2D eigenvalue weighted by atomic mass is 9.79. The first-order valence-electron chi connectivity index (χ1n) is 6.74. The van der Waals surface area contributed by atoms with E-state index < -0.39 is 23.4 Å². The van der Waals surface area contributed by atoms with Crippen LogP contribution in [0.1, 0.15) is 25.7 Å². The Kier molecular flexibility index (Phi) is 4.23. The Morgan fingerprint density at radius 1 is 1.35 bits per heavy atom. The Morgan fingerprint density at radius 2 is 2.00 bits per heavy atom. The van der Waals surface area contributed by atoms with Crippen molar-refractivity contribution < 1.29 is 22.7 Å². The number of alkyl halides is 3. The van der Waals surface area contributed by atoms with Gasteiger partial charge in [0.1, 0.15) is 5.41 Å². The fourth-order valence-electron chi connectivity index (χ4n) is 2.82. The summed E-state index contributed by atoms with van der Waals surface area (Å²) < 4.78 is 43.5. The summed E-state index contributed by atoms with van der Waals surface area (Å²) in [5.74, 6) is -1.94. The topological polar surface area (TPSA) is 53.3 Å². The summed E-state index contributed by atoms with van der Waals surface area (Å²) in [4.78, 5) is 13.7. The number of nitriles is 1. The number of amides is 1. The monoisotopic (exact) mass is 290 g/mol. The SMILES string of the molecule is N#CC1(C(=O)N2CCCC(C(F)(F)F)C2)CCOCC1. The number of carbonyl (C=O) groups is 1. The van der Waals surface area contributed by atoms with Gasteiger partial charge in [-0.1, -0.05) is 0 Å². The molecular weight excluding hydrogens is 273 g/mol. The molecule has 0 spiro atoms. The van der Waals surface area contributed by atoms with Gasteiger partial charge >= 0.3 is 6.18 Å². The van der Waals surface area contributed by atoms with Gasteiger partial charge in [-0.05, 0) is 25.7 Å². The number of likely N-dealkylation sites (tertiary alicyclic amines) is 1. The maximum Gasteiger partial charge on any atom is 0.393 e. The molecule has 7 heteroatoms. The molecule has 2 aliphatic rings. The summed E-state index contributed by atoms with van der Waals surface area (Å²) >= 11 is 0. The Balaban J connectivity index is 2.10. The lowest BCUT2D eigenvalue weighted by molar-refractivity contribution is -0.190. The molecule has 0 bridgehead atoms. The number of carbonyl (C=O) groups excluding carboxylic acids is 1. The molecule has 1 amide bonds. The van der Waals surface area contributed by atoms with Gasteiger partial charge in [0.15, 0.2) is 0 Å². The highest BCUT2D eigenvalue weighted by atomic mass is 19.4. The molecule has 2 heterocycles. The highest BCUT2D eigenvalue weighted by molar-refractivity contribution is 5.85. The number of piperidine rings is 1. The van der Waals surface area contributed by atoms with Gasteiger partial charge in [0.2, 0.25) is 5.91 Å². The molecule has 0 aliphatic carbocycles. The Hall–Kier alpha value is -1.29. The molecule has 1 atom stereocenters. The minimum absolute atomic E-state index is 0.0515. The van der Waals surface area contributed by atoms with Gasteiger partial charge in [0, 0.05) is 26.3 Å². The zero-order valence-electron chi connectivity index (χ0n) is 11.1. The molecule has 2 saturated heterocycles. The van der Waals surface area contributed by atoms with Crippen LogP contribution in [0.15, 0.2) is 0 Å². The van der Waals surface area contributed by atoms with E-state index in [-0.39, 0.29) is 25.8 Å². The zero-order valence-corrected chi connectivity index (χ0v) is 11.1. The molecule has 2 fully saturated rings. The second-order valence-corrected chi connectivity index (χ2v) is 5.44.